The Hall–Kier alpha value is -2.73. The lowest BCUT2D eigenvalue weighted by atomic mass is 10.1. The molecule has 6 heteroatoms. The van der Waals surface area contributed by atoms with Gasteiger partial charge in [0, 0.05) is 17.2 Å². The molecule has 0 radical (unpaired) electrons. The highest BCUT2D eigenvalue weighted by Gasteiger charge is 2.12. The lowest BCUT2D eigenvalue weighted by Crippen LogP contribution is -2.36. The molecule has 0 saturated carbocycles. The van der Waals surface area contributed by atoms with Gasteiger partial charge in [0.15, 0.2) is 5.11 Å². The second-order valence-electron chi connectivity index (χ2n) is 6.28. The maximum absolute atomic E-state index is 12.4. The quantitative estimate of drug-likeness (QED) is 0.704. The fraction of sp³-hybridized carbons (Fsp3) is 0.250. The number of thiocarbonyl (C=S) groups is 1. The molecule has 3 N–H and O–H groups in total. The fourth-order valence-corrected chi connectivity index (χ4v) is 2.45. The Labute approximate surface area is 159 Å². The number of nitrogens with one attached hydrogen (secondary N) is 3. The van der Waals surface area contributed by atoms with Crippen LogP contribution in [0.25, 0.3) is 0 Å². The molecule has 5 nitrogen and oxygen atoms in total. The van der Waals surface area contributed by atoms with E-state index in [1.54, 1.807) is 38.1 Å². The van der Waals surface area contributed by atoms with E-state index in [1.807, 2.05) is 37.3 Å². The van der Waals surface area contributed by atoms with Gasteiger partial charge in [0.2, 0.25) is 5.91 Å². The molecule has 0 heterocycles. The molecule has 0 bridgehead atoms. The molecule has 136 valence electrons. The van der Waals surface area contributed by atoms with E-state index in [1.165, 1.54) is 0 Å². The minimum absolute atomic E-state index is 0.0830. The van der Waals surface area contributed by atoms with Gasteiger partial charge in [-0.15, -0.1) is 0 Å². The lowest BCUT2D eigenvalue weighted by Gasteiger charge is -2.15. The average molecular weight is 369 g/mol. The second kappa shape index (κ2) is 9.10. The number of carbonyl (C=O) groups is 2. The molecule has 2 aromatic rings. The number of hydrogen-bond acceptors (Lipinski definition) is 3. The zero-order valence-electron chi connectivity index (χ0n) is 15.1. The maximum Gasteiger partial charge on any atom is 0.251 e. The van der Waals surface area contributed by atoms with Crippen LogP contribution in [0.1, 0.15) is 42.7 Å². The van der Waals surface area contributed by atoms with Gasteiger partial charge >= 0.3 is 0 Å². The first-order valence-electron chi connectivity index (χ1n) is 8.44. The third-order valence-electron chi connectivity index (χ3n) is 3.81. The van der Waals surface area contributed by atoms with Crippen LogP contribution >= 0.6 is 12.2 Å². The third-order valence-corrected chi connectivity index (χ3v) is 4.02. The topological polar surface area (TPSA) is 70.2 Å². The predicted molar refractivity (Wildman–Crippen MR) is 108 cm³/mol. The number of anilines is 1. The van der Waals surface area contributed by atoms with E-state index in [-0.39, 0.29) is 28.9 Å². The SMILES string of the molecule is CC(C)C(=O)NC(=S)Nc1ccc(C(=O)NC(C)c2ccccc2)cc1. The van der Waals surface area contributed by atoms with Crippen molar-refractivity contribution in [3.8, 4) is 0 Å². The molecule has 2 rings (SSSR count). The molecule has 0 aromatic heterocycles. The summed E-state index contributed by atoms with van der Waals surface area (Å²) in [6.45, 7) is 5.53. The summed E-state index contributed by atoms with van der Waals surface area (Å²) in [5.74, 6) is -0.440. The highest BCUT2D eigenvalue weighted by Crippen LogP contribution is 2.14. The fourth-order valence-electron chi connectivity index (χ4n) is 2.23. The van der Waals surface area contributed by atoms with Crippen molar-refractivity contribution in [3.05, 3.63) is 65.7 Å². The van der Waals surface area contributed by atoms with Gasteiger partial charge in [-0.3, -0.25) is 9.59 Å². The van der Waals surface area contributed by atoms with Crippen molar-refractivity contribution >= 4 is 34.8 Å². The maximum atomic E-state index is 12.4. The van der Waals surface area contributed by atoms with E-state index in [2.05, 4.69) is 16.0 Å². The van der Waals surface area contributed by atoms with Gasteiger partial charge in [-0.25, -0.2) is 0 Å². The van der Waals surface area contributed by atoms with Crippen molar-refractivity contribution in [2.45, 2.75) is 26.8 Å². The van der Waals surface area contributed by atoms with Crippen molar-refractivity contribution in [2.75, 3.05) is 5.32 Å². The van der Waals surface area contributed by atoms with E-state index in [4.69, 9.17) is 12.2 Å². The van der Waals surface area contributed by atoms with Gasteiger partial charge in [0.05, 0.1) is 6.04 Å². The Morgan fingerprint density at radius 3 is 2.12 bits per heavy atom. The average Bonchev–Trinajstić information content (AvgIpc) is 2.62. The Balaban J connectivity index is 1.93. The molecule has 0 aliphatic heterocycles. The van der Waals surface area contributed by atoms with Crippen molar-refractivity contribution in [1.29, 1.82) is 0 Å². The van der Waals surface area contributed by atoms with E-state index in [0.29, 0.717) is 11.3 Å². The van der Waals surface area contributed by atoms with Crippen LogP contribution in [0, 0.1) is 5.92 Å². The molecule has 0 aliphatic rings. The zero-order chi connectivity index (χ0) is 19.1. The van der Waals surface area contributed by atoms with Crippen LogP contribution in [0.15, 0.2) is 54.6 Å². The summed E-state index contributed by atoms with van der Waals surface area (Å²) in [4.78, 5) is 24.0. The van der Waals surface area contributed by atoms with E-state index in [0.717, 1.165) is 5.56 Å². The predicted octanol–water partition coefficient (Wildman–Crippen LogP) is 3.65. The van der Waals surface area contributed by atoms with E-state index in [9.17, 15) is 9.59 Å². The Bertz CT molecular complexity index is 773. The standard InChI is InChI=1S/C20H23N3O2S/c1-13(2)18(24)23-20(26)22-17-11-9-16(10-12-17)19(25)21-14(3)15-7-5-4-6-8-15/h4-14H,1-3H3,(H,21,25)(H2,22,23,24,26). The molecular formula is C20H23N3O2S. The van der Waals surface area contributed by atoms with E-state index < -0.39 is 0 Å². The molecule has 2 amide bonds. The molecule has 0 fully saturated rings. The van der Waals surface area contributed by atoms with Gasteiger partial charge in [-0.2, -0.15) is 0 Å². The largest absolute Gasteiger partial charge is 0.346 e. The summed E-state index contributed by atoms with van der Waals surface area (Å²) in [5, 5.41) is 8.74. The summed E-state index contributed by atoms with van der Waals surface area (Å²) in [5.41, 5.74) is 2.30. The van der Waals surface area contributed by atoms with Crippen molar-refractivity contribution in [3.63, 3.8) is 0 Å². The number of rotatable bonds is 5. The van der Waals surface area contributed by atoms with Crippen molar-refractivity contribution < 1.29 is 9.59 Å². The monoisotopic (exact) mass is 369 g/mol. The second-order valence-corrected chi connectivity index (χ2v) is 6.69. The molecule has 2 aromatic carbocycles. The molecule has 0 saturated heterocycles. The summed E-state index contributed by atoms with van der Waals surface area (Å²) >= 11 is 5.10. The number of hydrogen-bond donors (Lipinski definition) is 3. The Kier molecular flexibility index (Phi) is 6.86. The van der Waals surface area contributed by atoms with Crippen LogP contribution in [0.3, 0.4) is 0 Å². The summed E-state index contributed by atoms with van der Waals surface area (Å²) in [6, 6.07) is 16.6. The summed E-state index contributed by atoms with van der Waals surface area (Å²) < 4.78 is 0. The first-order chi connectivity index (χ1) is 12.4. The minimum atomic E-state index is -0.149. The van der Waals surface area contributed by atoms with Crippen LogP contribution in [-0.4, -0.2) is 16.9 Å². The van der Waals surface area contributed by atoms with Crippen molar-refractivity contribution in [2.24, 2.45) is 5.92 Å². The Morgan fingerprint density at radius 1 is 0.923 bits per heavy atom. The van der Waals surface area contributed by atoms with Crippen LogP contribution < -0.4 is 16.0 Å². The van der Waals surface area contributed by atoms with Gasteiger partial charge in [0.25, 0.3) is 5.91 Å². The van der Waals surface area contributed by atoms with Gasteiger partial charge in [-0.05, 0) is 49.0 Å². The third kappa shape index (κ3) is 5.67. The van der Waals surface area contributed by atoms with Gasteiger partial charge in [-0.1, -0.05) is 44.2 Å². The van der Waals surface area contributed by atoms with Crippen LogP contribution in [0.2, 0.25) is 0 Å². The summed E-state index contributed by atoms with van der Waals surface area (Å²) in [7, 11) is 0. The highest BCUT2D eigenvalue weighted by molar-refractivity contribution is 7.80. The molecule has 0 aliphatic carbocycles. The number of amides is 2. The van der Waals surface area contributed by atoms with Crippen LogP contribution in [-0.2, 0) is 4.79 Å². The normalized spacial score (nSPS) is 11.5. The lowest BCUT2D eigenvalue weighted by molar-refractivity contribution is -0.122. The van der Waals surface area contributed by atoms with Crippen LogP contribution in [0.4, 0.5) is 5.69 Å². The van der Waals surface area contributed by atoms with Crippen LogP contribution in [0.5, 0.6) is 0 Å². The number of carbonyl (C=O) groups excluding carboxylic acids is 2. The molecule has 1 unspecified atom stereocenters. The van der Waals surface area contributed by atoms with Crippen molar-refractivity contribution in [1.82, 2.24) is 10.6 Å². The van der Waals surface area contributed by atoms with Gasteiger partial charge < -0.3 is 16.0 Å². The zero-order valence-corrected chi connectivity index (χ0v) is 15.9. The number of benzene rings is 2. The van der Waals surface area contributed by atoms with E-state index >= 15 is 0 Å². The first-order valence-corrected chi connectivity index (χ1v) is 8.85. The molecular weight excluding hydrogens is 346 g/mol. The molecule has 0 spiro atoms. The first kappa shape index (κ1) is 19.6. The molecule has 26 heavy (non-hydrogen) atoms. The smallest absolute Gasteiger partial charge is 0.251 e. The summed E-state index contributed by atoms with van der Waals surface area (Å²) in [6.07, 6.45) is 0. The molecule has 1 atom stereocenters. The minimum Gasteiger partial charge on any atom is -0.346 e. The Morgan fingerprint density at radius 2 is 1.54 bits per heavy atom. The highest BCUT2D eigenvalue weighted by atomic mass is 32.1. The van der Waals surface area contributed by atoms with Gasteiger partial charge in [0.1, 0.15) is 0 Å².